The van der Waals surface area contributed by atoms with Gasteiger partial charge in [0.25, 0.3) is 0 Å². The molecule has 2 aromatic carbocycles. The van der Waals surface area contributed by atoms with Crippen molar-refractivity contribution in [2.45, 2.75) is 6.54 Å². The van der Waals surface area contributed by atoms with Crippen LogP contribution in [-0.4, -0.2) is 37.2 Å². The van der Waals surface area contributed by atoms with Crippen LogP contribution in [-0.2, 0) is 11.3 Å². The topological polar surface area (TPSA) is 82.6 Å². The van der Waals surface area contributed by atoms with Gasteiger partial charge in [-0.15, -0.1) is 0 Å². The number of methoxy groups -OCH3 is 3. The van der Waals surface area contributed by atoms with Gasteiger partial charge in [-0.2, -0.15) is 0 Å². The molecule has 7 nitrogen and oxygen atoms in total. The minimum Gasteiger partial charge on any atom is -0.493 e. The average molecular weight is 405 g/mol. The van der Waals surface area contributed by atoms with Crippen molar-refractivity contribution < 1.29 is 19.0 Å². The number of carbonyl (C=O) groups excluding carboxylic acids is 1. The van der Waals surface area contributed by atoms with E-state index in [2.05, 4.69) is 15.3 Å². The first-order chi connectivity index (χ1) is 14.6. The second-order valence-electron chi connectivity index (χ2n) is 6.27. The molecule has 154 valence electrons. The van der Waals surface area contributed by atoms with Crippen LogP contribution in [0.2, 0.25) is 0 Å². The maximum Gasteiger partial charge on any atom is 0.244 e. The number of ether oxygens (including phenoxy) is 3. The predicted octanol–water partition coefficient (Wildman–Crippen LogP) is 3.50. The lowest BCUT2D eigenvalue weighted by Crippen LogP contribution is -2.21. The monoisotopic (exact) mass is 405 g/mol. The molecule has 1 amide bonds. The van der Waals surface area contributed by atoms with Gasteiger partial charge >= 0.3 is 0 Å². The number of nitrogens with one attached hydrogen (secondary N) is 1. The van der Waals surface area contributed by atoms with E-state index < -0.39 is 0 Å². The first-order valence-electron chi connectivity index (χ1n) is 9.27. The molecule has 0 aliphatic heterocycles. The van der Waals surface area contributed by atoms with Gasteiger partial charge in [-0.25, -0.2) is 9.97 Å². The second-order valence-corrected chi connectivity index (χ2v) is 6.27. The van der Waals surface area contributed by atoms with Crippen molar-refractivity contribution in [1.29, 1.82) is 0 Å². The quantitative estimate of drug-likeness (QED) is 0.578. The van der Waals surface area contributed by atoms with E-state index in [1.165, 1.54) is 12.4 Å². The highest BCUT2D eigenvalue weighted by Gasteiger charge is 2.12. The summed E-state index contributed by atoms with van der Waals surface area (Å²) in [6.45, 7) is 0.292. The number of aromatic nitrogens is 2. The van der Waals surface area contributed by atoms with Crippen molar-refractivity contribution in [3.05, 3.63) is 72.2 Å². The van der Waals surface area contributed by atoms with E-state index in [1.54, 1.807) is 39.5 Å². The Bertz CT molecular complexity index is 1010. The fraction of sp³-hybridized carbons (Fsp3) is 0.174. The van der Waals surface area contributed by atoms with Gasteiger partial charge in [0.2, 0.25) is 11.7 Å². The molecule has 0 aliphatic rings. The molecule has 30 heavy (non-hydrogen) atoms. The van der Waals surface area contributed by atoms with Crippen LogP contribution in [0, 0.1) is 0 Å². The van der Waals surface area contributed by atoms with E-state index in [9.17, 15) is 4.79 Å². The molecule has 1 aromatic heterocycles. The lowest BCUT2D eigenvalue weighted by molar-refractivity contribution is -0.116. The van der Waals surface area contributed by atoms with E-state index in [4.69, 9.17) is 14.2 Å². The van der Waals surface area contributed by atoms with Crippen molar-refractivity contribution >= 4 is 12.0 Å². The number of benzene rings is 2. The molecule has 0 aliphatic carbocycles. The van der Waals surface area contributed by atoms with Gasteiger partial charge in [0.05, 0.1) is 39.3 Å². The molecular weight excluding hydrogens is 382 g/mol. The van der Waals surface area contributed by atoms with E-state index in [-0.39, 0.29) is 5.91 Å². The number of amides is 1. The highest BCUT2D eigenvalue weighted by atomic mass is 16.5. The van der Waals surface area contributed by atoms with Crippen molar-refractivity contribution in [3.8, 4) is 28.5 Å². The summed E-state index contributed by atoms with van der Waals surface area (Å²) >= 11 is 0. The molecule has 0 unspecified atom stereocenters. The number of hydrogen-bond acceptors (Lipinski definition) is 6. The van der Waals surface area contributed by atoms with Crippen LogP contribution >= 0.6 is 0 Å². The number of rotatable bonds is 8. The maximum atomic E-state index is 12.2. The SMILES string of the molecule is COc1cc(/C=C/C(=O)NCc2cc(-c3ccccc3)ncn2)cc(OC)c1OC. The Balaban J connectivity index is 1.66. The average Bonchev–Trinajstić information content (AvgIpc) is 2.81. The van der Waals surface area contributed by atoms with Gasteiger partial charge in [-0.3, -0.25) is 4.79 Å². The summed E-state index contributed by atoms with van der Waals surface area (Å²) in [7, 11) is 4.63. The van der Waals surface area contributed by atoms with Crippen LogP contribution < -0.4 is 19.5 Å². The number of carbonyl (C=O) groups is 1. The molecule has 3 aromatic rings. The van der Waals surface area contributed by atoms with Gasteiger partial charge in [0.15, 0.2) is 11.5 Å². The Hall–Kier alpha value is -3.87. The highest BCUT2D eigenvalue weighted by Crippen LogP contribution is 2.38. The fourth-order valence-corrected chi connectivity index (χ4v) is 2.87. The summed E-state index contributed by atoms with van der Waals surface area (Å²) in [6.07, 6.45) is 4.62. The summed E-state index contributed by atoms with van der Waals surface area (Å²) in [5.41, 5.74) is 3.27. The first kappa shape index (κ1) is 20.9. The first-order valence-corrected chi connectivity index (χ1v) is 9.27. The zero-order valence-electron chi connectivity index (χ0n) is 17.1. The van der Waals surface area contributed by atoms with E-state index in [0.29, 0.717) is 23.8 Å². The van der Waals surface area contributed by atoms with E-state index in [1.807, 2.05) is 36.4 Å². The molecule has 0 radical (unpaired) electrons. The Morgan fingerprint density at radius 3 is 2.30 bits per heavy atom. The minimum atomic E-state index is -0.247. The van der Waals surface area contributed by atoms with Gasteiger partial charge in [-0.05, 0) is 29.8 Å². The second kappa shape index (κ2) is 10.1. The summed E-state index contributed by atoms with van der Waals surface area (Å²) in [5, 5.41) is 2.82. The lowest BCUT2D eigenvalue weighted by atomic mass is 10.1. The number of nitrogens with zero attached hydrogens (tertiary/aromatic N) is 2. The van der Waals surface area contributed by atoms with Crippen molar-refractivity contribution in [2.24, 2.45) is 0 Å². The zero-order chi connectivity index (χ0) is 21.3. The van der Waals surface area contributed by atoms with Crippen LogP contribution in [0.1, 0.15) is 11.3 Å². The normalized spacial score (nSPS) is 10.6. The van der Waals surface area contributed by atoms with Crippen LogP contribution in [0.4, 0.5) is 0 Å². The molecule has 1 heterocycles. The molecule has 1 N–H and O–H groups in total. The van der Waals surface area contributed by atoms with Gasteiger partial charge < -0.3 is 19.5 Å². The Kier molecular flexibility index (Phi) is 7.00. The van der Waals surface area contributed by atoms with Crippen LogP contribution in [0.3, 0.4) is 0 Å². The van der Waals surface area contributed by atoms with Crippen LogP contribution in [0.15, 0.2) is 60.9 Å². The molecule has 7 heteroatoms. The Morgan fingerprint density at radius 1 is 0.967 bits per heavy atom. The largest absolute Gasteiger partial charge is 0.493 e. The third-order valence-electron chi connectivity index (χ3n) is 4.35. The minimum absolute atomic E-state index is 0.247. The zero-order valence-corrected chi connectivity index (χ0v) is 17.1. The van der Waals surface area contributed by atoms with E-state index >= 15 is 0 Å². The van der Waals surface area contributed by atoms with Gasteiger partial charge in [0, 0.05) is 11.6 Å². The maximum absolute atomic E-state index is 12.2. The molecule has 0 fully saturated rings. The molecule has 0 atom stereocenters. The Labute approximate surface area is 175 Å². The van der Waals surface area contributed by atoms with Crippen molar-refractivity contribution in [2.75, 3.05) is 21.3 Å². The summed E-state index contributed by atoms with van der Waals surface area (Å²) < 4.78 is 16.0. The van der Waals surface area contributed by atoms with Gasteiger partial charge in [0.1, 0.15) is 6.33 Å². The molecular formula is C23H23N3O4. The fourth-order valence-electron chi connectivity index (χ4n) is 2.87. The molecule has 0 bridgehead atoms. The van der Waals surface area contributed by atoms with Crippen molar-refractivity contribution in [1.82, 2.24) is 15.3 Å². The molecule has 3 rings (SSSR count). The van der Waals surface area contributed by atoms with Crippen LogP contribution in [0.25, 0.3) is 17.3 Å². The van der Waals surface area contributed by atoms with E-state index in [0.717, 1.165) is 22.5 Å². The lowest BCUT2D eigenvalue weighted by Gasteiger charge is -2.12. The molecule has 0 spiro atoms. The van der Waals surface area contributed by atoms with Crippen molar-refractivity contribution in [3.63, 3.8) is 0 Å². The standard InChI is InChI=1S/C23H23N3O4/c1-28-20-11-16(12-21(29-2)23(20)30-3)9-10-22(27)24-14-18-13-19(26-15-25-18)17-7-5-4-6-8-17/h4-13,15H,14H2,1-3H3,(H,24,27)/b10-9+. The molecule has 0 saturated carbocycles. The molecule has 0 saturated heterocycles. The summed E-state index contributed by atoms with van der Waals surface area (Å²) in [5.74, 6) is 1.29. The third kappa shape index (κ3) is 5.14. The number of hydrogen-bond donors (Lipinski definition) is 1. The Morgan fingerprint density at radius 2 is 1.67 bits per heavy atom. The van der Waals surface area contributed by atoms with Crippen LogP contribution in [0.5, 0.6) is 17.2 Å². The third-order valence-corrected chi connectivity index (χ3v) is 4.35. The smallest absolute Gasteiger partial charge is 0.244 e. The summed E-state index contributed by atoms with van der Waals surface area (Å²) in [4.78, 5) is 20.8. The predicted molar refractivity (Wildman–Crippen MR) is 114 cm³/mol. The summed E-state index contributed by atoms with van der Waals surface area (Å²) in [6, 6.07) is 15.2. The highest BCUT2D eigenvalue weighted by molar-refractivity contribution is 5.91. The van der Waals surface area contributed by atoms with Gasteiger partial charge in [-0.1, -0.05) is 30.3 Å².